The molecule has 0 unspecified atom stereocenters. The molecule has 2 aromatic rings. The number of ether oxygens (including phenoxy) is 1. The second-order valence-corrected chi connectivity index (χ2v) is 6.35. The Bertz CT molecular complexity index is 817. The van der Waals surface area contributed by atoms with Crippen LogP contribution in [-0.4, -0.2) is 23.2 Å². The molecule has 1 saturated carbocycles. The van der Waals surface area contributed by atoms with Crippen LogP contribution in [-0.2, 0) is 11.2 Å². The van der Waals surface area contributed by atoms with Crippen molar-refractivity contribution in [2.75, 3.05) is 7.11 Å². The van der Waals surface area contributed by atoms with Crippen molar-refractivity contribution >= 4 is 16.7 Å². The molecule has 1 aromatic carbocycles. The highest BCUT2D eigenvalue weighted by Crippen LogP contribution is 2.32. The molecule has 1 aromatic heterocycles. The van der Waals surface area contributed by atoms with Crippen LogP contribution in [0.1, 0.15) is 53.8 Å². The molecule has 0 radical (unpaired) electrons. The molecule has 0 bridgehead atoms. The minimum absolute atomic E-state index is 0.133. The summed E-state index contributed by atoms with van der Waals surface area (Å²) in [6, 6.07) is 7.65. The Hall–Kier alpha value is -2.61. The van der Waals surface area contributed by atoms with Crippen LogP contribution in [0.15, 0.2) is 18.2 Å². The van der Waals surface area contributed by atoms with Gasteiger partial charge in [-0.25, -0.2) is 9.78 Å². The first-order valence-corrected chi connectivity index (χ1v) is 8.28. The van der Waals surface area contributed by atoms with Crippen molar-refractivity contribution in [1.82, 2.24) is 4.98 Å². The Kier molecular flexibility index (Phi) is 4.66. The summed E-state index contributed by atoms with van der Waals surface area (Å²) in [4.78, 5) is 15.7. The number of rotatable bonds is 3. The number of carbonyl (C=O) groups excluding carboxylic acids is 1. The van der Waals surface area contributed by atoms with Crippen molar-refractivity contribution in [2.24, 2.45) is 5.92 Å². The lowest BCUT2D eigenvalue weighted by Gasteiger charge is -2.21. The molecule has 0 spiro atoms. The lowest BCUT2D eigenvalue weighted by Crippen LogP contribution is -2.09. The smallest absolute Gasteiger partial charge is 0.360 e. The number of nitrogens with zero attached hydrogens (tertiary/aromatic N) is 2. The summed E-state index contributed by atoms with van der Waals surface area (Å²) < 4.78 is 4.62. The zero-order chi connectivity index (χ0) is 17.1. The third-order valence-electron chi connectivity index (χ3n) is 4.78. The van der Waals surface area contributed by atoms with E-state index < -0.39 is 5.97 Å². The van der Waals surface area contributed by atoms with Crippen LogP contribution in [0.5, 0.6) is 5.75 Å². The number of fused-ring (bicyclic) bond motifs is 1. The van der Waals surface area contributed by atoms with Gasteiger partial charge >= 0.3 is 5.97 Å². The molecule has 0 saturated heterocycles. The largest absolute Gasteiger partial charge is 0.505 e. The van der Waals surface area contributed by atoms with Gasteiger partial charge in [0, 0.05) is 10.8 Å². The zero-order valence-corrected chi connectivity index (χ0v) is 13.7. The van der Waals surface area contributed by atoms with E-state index in [-0.39, 0.29) is 17.1 Å². The molecule has 0 amide bonds. The molecular formula is C19H20N2O3. The number of methoxy groups -OCH3 is 1. The van der Waals surface area contributed by atoms with Gasteiger partial charge in [0.25, 0.3) is 0 Å². The van der Waals surface area contributed by atoms with Gasteiger partial charge in [-0.3, -0.25) is 0 Å². The molecule has 5 heteroatoms. The Morgan fingerprint density at radius 2 is 2.08 bits per heavy atom. The fourth-order valence-electron chi connectivity index (χ4n) is 3.52. The SMILES string of the molecule is COC(=O)c1nc(C#N)c2cc(CC3CCCCC3)ccc2c1O. The van der Waals surface area contributed by atoms with Gasteiger partial charge in [0.15, 0.2) is 11.4 Å². The summed E-state index contributed by atoms with van der Waals surface area (Å²) in [7, 11) is 1.22. The molecule has 24 heavy (non-hydrogen) atoms. The Morgan fingerprint density at radius 3 is 2.75 bits per heavy atom. The predicted octanol–water partition coefficient (Wildman–Crippen LogP) is 3.72. The number of hydrogen-bond acceptors (Lipinski definition) is 5. The minimum Gasteiger partial charge on any atom is -0.505 e. The first kappa shape index (κ1) is 16.3. The Morgan fingerprint density at radius 1 is 1.33 bits per heavy atom. The number of aromatic hydroxyl groups is 1. The second kappa shape index (κ2) is 6.88. The van der Waals surface area contributed by atoms with Crippen LogP contribution in [0.2, 0.25) is 0 Å². The molecule has 1 aliphatic rings. The number of nitriles is 1. The molecule has 1 aliphatic carbocycles. The molecule has 5 nitrogen and oxygen atoms in total. The topological polar surface area (TPSA) is 83.2 Å². The van der Waals surface area contributed by atoms with Crippen molar-refractivity contribution in [3.8, 4) is 11.8 Å². The highest BCUT2D eigenvalue weighted by Gasteiger charge is 2.20. The normalized spacial score (nSPS) is 15.2. The fraction of sp³-hybridized carbons (Fsp3) is 0.421. The average molecular weight is 324 g/mol. The molecule has 0 aliphatic heterocycles. The molecule has 124 valence electrons. The number of aromatic nitrogens is 1. The van der Waals surface area contributed by atoms with E-state index in [1.807, 2.05) is 18.2 Å². The van der Waals surface area contributed by atoms with E-state index in [0.717, 1.165) is 12.0 Å². The highest BCUT2D eigenvalue weighted by atomic mass is 16.5. The molecule has 3 rings (SSSR count). The maximum absolute atomic E-state index is 11.7. The minimum atomic E-state index is -0.753. The summed E-state index contributed by atoms with van der Waals surface area (Å²) >= 11 is 0. The lowest BCUT2D eigenvalue weighted by atomic mass is 9.84. The van der Waals surface area contributed by atoms with Crippen LogP contribution in [0.4, 0.5) is 0 Å². The van der Waals surface area contributed by atoms with Crippen molar-refractivity contribution in [3.05, 3.63) is 35.2 Å². The monoisotopic (exact) mass is 324 g/mol. The van der Waals surface area contributed by atoms with Crippen molar-refractivity contribution in [3.63, 3.8) is 0 Å². The number of esters is 1. The highest BCUT2D eigenvalue weighted by molar-refractivity contribution is 6.01. The summed E-state index contributed by atoms with van der Waals surface area (Å²) in [6.45, 7) is 0. The van der Waals surface area contributed by atoms with E-state index in [9.17, 15) is 15.2 Å². The maximum Gasteiger partial charge on any atom is 0.360 e. The first-order chi connectivity index (χ1) is 11.6. The summed E-state index contributed by atoms with van der Waals surface area (Å²) in [5.74, 6) is -0.310. The van der Waals surface area contributed by atoms with Gasteiger partial charge in [-0.1, -0.05) is 44.2 Å². The summed E-state index contributed by atoms with van der Waals surface area (Å²) in [5.41, 5.74) is 1.05. The quantitative estimate of drug-likeness (QED) is 0.870. The summed E-state index contributed by atoms with van der Waals surface area (Å²) in [5, 5.41) is 20.7. The number of pyridine rings is 1. The third-order valence-corrected chi connectivity index (χ3v) is 4.78. The maximum atomic E-state index is 11.7. The van der Waals surface area contributed by atoms with E-state index in [4.69, 9.17) is 0 Å². The number of benzene rings is 1. The number of hydrogen-bond donors (Lipinski definition) is 1. The molecule has 1 heterocycles. The van der Waals surface area contributed by atoms with Gasteiger partial charge in [-0.05, 0) is 24.0 Å². The lowest BCUT2D eigenvalue weighted by molar-refractivity contribution is 0.0590. The number of carbonyl (C=O) groups is 1. The molecular weight excluding hydrogens is 304 g/mol. The van der Waals surface area contributed by atoms with Gasteiger partial charge in [0.05, 0.1) is 7.11 Å². The van der Waals surface area contributed by atoms with E-state index in [1.165, 1.54) is 39.2 Å². The summed E-state index contributed by atoms with van der Waals surface area (Å²) in [6.07, 6.45) is 7.35. The molecule has 1 N–H and O–H groups in total. The standard InChI is InChI=1S/C19H20N2O3/c1-24-19(23)17-18(22)14-8-7-13(9-12-5-3-2-4-6-12)10-15(14)16(11-20)21-17/h7-8,10,12,22H,2-6,9H2,1H3. The first-order valence-electron chi connectivity index (χ1n) is 8.28. The average Bonchev–Trinajstić information content (AvgIpc) is 2.62. The van der Waals surface area contributed by atoms with Crippen LogP contribution in [0, 0.1) is 17.2 Å². The van der Waals surface area contributed by atoms with E-state index in [2.05, 4.69) is 9.72 Å². The van der Waals surface area contributed by atoms with Crippen LogP contribution < -0.4 is 0 Å². The van der Waals surface area contributed by atoms with E-state index in [0.29, 0.717) is 16.7 Å². The predicted molar refractivity (Wildman–Crippen MR) is 89.7 cm³/mol. The van der Waals surface area contributed by atoms with Gasteiger partial charge < -0.3 is 9.84 Å². The Balaban J connectivity index is 2.02. The molecule has 0 atom stereocenters. The van der Waals surface area contributed by atoms with Crippen LogP contribution in [0.3, 0.4) is 0 Å². The van der Waals surface area contributed by atoms with Crippen molar-refractivity contribution < 1.29 is 14.6 Å². The van der Waals surface area contributed by atoms with Crippen LogP contribution >= 0.6 is 0 Å². The van der Waals surface area contributed by atoms with E-state index >= 15 is 0 Å². The van der Waals surface area contributed by atoms with Gasteiger partial charge in [-0.2, -0.15) is 5.26 Å². The van der Waals surface area contributed by atoms with Gasteiger partial charge in [0.1, 0.15) is 11.8 Å². The fourth-order valence-corrected chi connectivity index (χ4v) is 3.52. The molecule has 1 fully saturated rings. The van der Waals surface area contributed by atoms with E-state index in [1.54, 1.807) is 6.07 Å². The third kappa shape index (κ3) is 3.05. The second-order valence-electron chi connectivity index (χ2n) is 6.35. The van der Waals surface area contributed by atoms with Gasteiger partial charge in [0.2, 0.25) is 0 Å². The van der Waals surface area contributed by atoms with Crippen LogP contribution in [0.25, 0.3) is 10.8 Å². The zero-order valence-electron chi connectivity index (χ0n) is 13.7. The van der Waals surface area contributed by atoms with Crippen molar-refractivity contribution in [1.29, 1.82) is 5.26 Å². The Labute approximate surface area is 140 Å². The van der Waals surface area contributed by atoms with Gasteiger partial charge in [-0.15, -0.1) is 0 Å². The van der Waals surface area contributed by atoms with Crippen molar-refractivity contribution in [2.45, 2.75) is 38.5 Å².